The van der Waals surface area contributed by atoms with Gasteiger partial charge in [-0.05, 0) is 42.0 Å². The first kappa shape index (κ1) is 20.1. The molecule has 0 bridgehead atoms. The molecule has 1 unspecified atom stereocenters. The van der Waals surface area contributed by atoms with Gasteiger partial charge >= 0.3 is 0 Å². The number of amides is 1. The summed E-state index contributed by atoms with van der Waals surface area (Å²) in [4.78, 5) is 26.9. The van der Waals surface area contributed by atoms with Crippen molar-refractivity contribution in [2.45, 2.75) is 6.04 Å². The molecule has 1 heterocycles. The molecule has 1 aliphatic rings. The van der Waals surface area contributed by atoms with Gasteiger partial charge in [0, 0.05) is 23.7 Å². The third-order valence-corrected chi connectivity index (χ3v) is 5.10. The van der Waals surface area contributed by atoms with Crippen LogP contribution in [0.15, 0.2) is 58.6 Å². The maximum atomic E-state index is 12.8. The molecule has 146 valence electrons. The summed E-state index contributed by atoms with van der Waals surface area (Å²) >= 11 is 3.42. The van der Waals surface area contributed by atoms with Gasteiger partial charge in [-0.1, -0.05) is 28.1 Å². The highest BCUT2D eigenvalue weighted by Crippen LogP contribution is 2.39. The summed E-state index contributed by atoms with van der Waals surface area (Å²) in [6, 6.07) is 13.3. The van der Waals surface area contributed by atoms with Crippen LogP contribution in [0.4, 0.5) is 0 Å². The van der Waals surface area contributed by atoms with Crippen molar-refractivity contribution in [2.24, 2.45) is 0 Å². The molecule has 0 saturated carbocycles. The number of hydrogen-bond donors (Lipinski definition) is 1. The topological polar surface area (TPSA) is 76.1 Å². The van der Waals surface area contributed by atoms with E-state index in [1.54, 1.807) is 31.4 Å². The molecule has 0 radical (unpaired) electrons. The van der Waals surface area contributed by atoms with E-state index in [4.69, 9.17) is 9.47 Å². The minimum atomic E-state index is -0.714. The Balaban J connectivity index is 2.14. The Kier molecular flexibility index (Phi) is 6.16. The molecule has 0 aliphatic carbocycles. The molecule has 1 saturated heterocycles. The second-order valence-electron chi connectivity index (χ2n) is 6.27. The molecule has 6 nitrogen and oxygen atoms in total. The Morgan fingerprint density at radius 1 is 1.14 bits per heavy atom. The van der Waals surface area contributed by atoms with Gasteiger partial charge in [-0.2, -0.15) is 0 Å². The fraction of sp³-hybridized carbons (Fsp3) is 0.238. The van der Waals surface area contributed by atoms with Crippen LogP contribution in [0.5, 0.6) is 5.75 Å². The molecule has 2 aromatic carbocycles. The van der Waals surface area contributed by atoms with Crippen LogP contribution < -0.4 is 4.74 Å². The summed E-state index contributed by atoms with van der Waals surface area (Å²) in [5.74, 6) is -0.960. The first-order valence-corrected chi connectivity index (χ1v) is 9.44. The number of halogens is 1. The van der Waals surface area contributed by atoms with Crippen molar-refractivity contribution in [1.29, 1.82) is 0 Å². The number of rotatable bonds is 6. The minimum Gasteiger partial charge on any atom is -0.507 e. The van der Waals surface area contributed by atoms with Gasteiger partial charge in [-0.3, -0.25) is 9.59 Å². The fourth-order valence-electron chi connectivity index (χ4n) is 3.23. The SMILES string of the molecule is COCCN1C(=O)C(=O)C(=C(O)c2ccc(OC)cc2)C1c1cccc(Br)c1. The summed E-state index contributed by atoms with van der Waals surface area (Å²) in [6.07, 6.45) is 0. The number of aliphatic hydroxyl groups excluding tert-OH is 1. The second kappa shape index (κ2) is 8.58. The molecule has 0 spiro atoms. The maximum Gasteiger partial charge on any atom is 0.295 e. The molecule has 3 rings (SSSR count). The van der Waals surface area contributed by atoms with E-state index in [9.17, 15) is 14.7 Å². The summed E-state index contributed by atoms with van der Waals surface area (Å²) < 4.78 is 11.0. The van der Waals surface area contributed by atoms with Gasteiger partial charge in [0.2, 0.25) is 0 Å². The number of carbonyl (C=O) groups excluding carboxylic acids is 2. The molecular weight excluding hydrogens is 426 g/mol. The van der Waals surface area contributed by atoms with Crippen LogP contribution in [-0.4, -0.2) is 49.1 Å². The lowest BCUT2D eigenvalue weighted by Gasteiger charge is -2.25. The fourth-order valence-corrected chi connectivity index (χ4v) is 3.64. The van der Waals surface area contributed by atoms with Crippen LogP contribution in [0.3, 0.4) is 0 Å². The maximum absolute atomic E-state index is 12.8. The molecule has 0 aromatic heterocycles. The van der Waals surface area contributed by atoms with E-state index in [-0.39, 0.29) is 24.5 Å². The number of nitrogens with zero attached hydrogens (tertiary/aromatic N) is 1. The Hall–Kier alpha value is -2.64. The van der Waals surface area contributed by atoms with Gasteiger partial charge < -0.3 is 19.5 Å². The van der Waals surface area contributed by atoms with Crippen molar-refractivity contribution in [3.05, 3.63) is 69.7 Å². The Morgan fingerprint density at radius 3 is 2.46 bits per heavy atom. The number of Topliss-reactive ketones (excluding diaryl/α,β-unsaturated/α-hetero) is 1. The van der Waals surface area contributed by atoms with Crippen LogP contribution in [0.25, 0.3) is 5.76 Å². The Morgan fingerprint density at radius 2 is 1.86 bits per heavy atom. The van der Waals surface area contributed by atoms with E-state index >= 15 is 0 Å². The summed E-state index contributed by atoms with van der Waals surface area (Å²) in [7, 11) is 3.07. The number of aliphatic hydroxyl groups is 1. The van der Waals surface area contributed by atoms with Crippen molar-refractivity contribution in [1.82, 2.24) is 4.90 Å². The lowest BCUT2D eigenvalue weighted by atomic mass is 9.95. The lowest BCUT2D eigenvalue weighted by Crippen LogP contribution is -2.32. The summed E-state index contributed by atoms with van der Waals surface area (Å²) in [5.41, 5.74) is 1.22. The first-order valence-electron chi connectivity index (χ1n) is 8.65. The van der Waals surface area contributed by atoms with Gasteiger partial charge in [0.25, 0.3) is 11.7 Å². The summed E-state index contributed by atoms with van der Waals surface area (Å²) in [6.45, 7) is 0.512. The minimum absolute atomic E-state index is 0.0596. The standard InChI is InChI=1S/C21H20BrNO5/c1-27-11-10-23-18(14-4-3-5-15(22)12-14)17(20(25)21(23)26)19(24)13-6-8-16(28-2)9-7-13/h3-9,12,18,24H,10-11H2,1-2H3. The predicted octanol–water partition coefficient (Wildman–Crippen LogP) is 3.53. The van der Waals surface area contributed by atoms with Crippen molar-refractivity contribution >= 4 is 33.4 Å². The van der Waals surface area contributed by atoms with E-state index in [0.717, 1.165) is 10.0 Å². The average molecular weight is 446 g/mol. The zero-order chi connectivity index (χ0) is 20.3. The Labute approximate surface area is 171 Å². The molecule has 1 atom stereocenters. The van der Waals surface area contributed by atoms with Crippen LogP contribution in [-0.2, 0) is 14.3 Å². The van der Waals surface area contributed by atoms with Crippen LogP contribution in [0, 0.1) is 0 Å². The van der Waals surface area contributed by atoms with Crippen LogP contribution in [0.1, 0.15) is 17.2 Å². The normalized spacial score (nSPS) is 18.5. The van der Waals surface area contributed by atoms with Gasteiger partial charge in [0.1, 0.15) is 11.5 Å². The van der Waals surface area contributed by atoms with Crippen molar-refractivity contribution < 1.29 is 24.2 Å². The highest BCUT2D eigenvalue weighted by atomic mass is 79.9. The zero-order valence-corrected chi connectivity index (χ0v) is 17.1. The molecule has 1 amide bonds. The van der Waals surface area contributed by atoms with Crippen molar-refractivity contribution in [2.75, 3.05) is 27.4 Å². The molecule has 28 heavy (non-hydrogen) atoms. The van der Waals surface area contributed by atoms with Gasteiger partial charge in [0.05, 0.1) is 25.3 Å². The third kappa shape index (κ3) is 3.81. The van der Waals surface area contributed by atoms with Crippen LogP contribution >= 0.6 is 15.9 Å². The van der Waals surface area contributed by atoms with Crippen molar-refractivity contribution in [3.63, 3.8) is 0 Å². The third-order valence-electron chi connectivity index (χ3n) is 4.60. The predicted molar refractivity (Wildman–Crippen MR) is 108 cm³/mol. The van der Waals surface area contributed by atoms with E-state index in [0.29, 0.717) is 11.3 Å². The molecule has 2 aromatic rings. The van der Waals surface area contributed by atoms with E-state index in [1.807, 2.05) is 24.3 Å². The number of ketones is 1. The van der Waals surface area contributed by atoms with Gasteiger partial charge in [-0.25, -0.2) is 0 Å². The average Bonchev–Trinajstić information content (AvgIpc) is 2.96. The molecule has 1 aliphatic heterocycles. The number of likely N-dealkylation sites (tertiary alicyclic amines) is 1. The molecular formula is C21H20BrNO5. The van der Waals surface area contributed by atoms with Gasteiger partial charge in [-0.15, -0.1) is 0 Å². The van der Waals surface area contributed by atoms with Crippen LogP contribution in [0.2, 0.25) is 0 Å². The van der Waals surface area contributed by atoms with E-state index < -0.39 is 17.7 Å². The number of carbonyl (C=O) groups is 2. The smallest absolute Gasteiger partial charge is 0.295 e. The highest BCUT2D eigenvalue weighted by molar-refractivity contribution is 9.10. The number of benzene rings is 2. The largest absolute Gasteiger partial charge is 0.507 e. The highest BCUT2D eigenvalue weighted by Gasteiger charge is 2.45. The van der Waals surface area contributed by atoms with Gasteiger partial charge in [0.15, 0.2) is 0 Å². The number of ether oxygens (including phenoxy) is 2. The monoisotopic (exact) mass is 445 g/mol. The van der Waals surface area contributed by atoms with E-state index in [2.05, 4.69) is 15.9 Å². The quantitative estimate of drug-likeness (QED) is 0.418. The lowest BCUT2D eigenvalue weighted by molar-refractivity contribution is -0.140. The number of methoxy groups -OCH3 is 2. The first-order chi connectivity index (χ1) is 13.5. The van der Waals surface area contributed by atoms with Crippen molar-refractivity contribution in [3.8, 4) is 5.75 Å². The number of hydrogen-bond acceptors (Lipinski definition) is 5. The molecule has 7 heteroatoms. The van der Waals surface area contributed by atoms with E-state index in [1.165, 1.54) is 12.0 Å². The second-order valence-corrected chi connectivity index (χ2v) is 7.18. The molecule has 1 N–H and O–H groups in total. The summed E-state index contributed by atoms with van der Waals surface area (Å²) in [5, 5.41) is 10.9. The molecule has 1 fully saturated rings. The zero-order valence-electron chi connectivity index (χ0n) is 15.5. The Bertz CT molecular complexity index is 923.